The first-order valence-corrected chi connectivity index (χ1v) is 7.31. The summed E-state index contributed by atoms with van der Waals surface area (Å²) in [6.07, 6.45) is 5.13. The number of nitrogens with zero attached hydrogens (tertiary/aromatic N) is 2. The van der Waals surface area contributed by atoms with E-state index in [0.717, 1.165) is 18.1 Å². The van der Waals surface area contributed by atoms with Crippen LogP contribution in [0.1, 0.15) is 31.7 Å². The van der Waals surface area contributed by atoms with Gasteiger partial charge >= 0.3 is 0 Å². The van der Waals surface area contributed by atoms with Gasteiger partial charge in [-0.25, -0.2) is 4.98 Å². The lowest BCUT2D eigenvalue weighted by molar-refractivity contribution is 0.751. The Balaban J connectivity index is 2.00. The molecule has 1 heterocycles. The van der Waals surface area contributed by atoms with E-state index in [4.69, 9.17) is 11.0 Å². The number of nitrogen functional groups attached to an aromatic ring is 1. The van der Waals surface area contributed by atoms with Gasteiger partial charge in [0, 0.05) is 11.3 Å². The monoisotopic (exact) mass is 262 g/mol. The molecule has 0 aromatic carbocycles. The fourth-order valence-corrected chi connectivity index (χ4v) is 3.48. The Morgan fingerprint density at radius 1 is 1.61 bits per heavy atom. The summed E-state index contributed by atoms with van der Waals surface area (Å²) in [7, 11) is 0. The van der Waals surface area contributed by atoms with Gasteiger partial charge in [0.15, 0.2) is 0 Å². The first-order valence-electron chi connectivity index (χ1n) is 6.26. The number of hydrogen-bond acceptors (Lipinski definition) is 5. The van der Waals surface area contributed by atoms with E-state index in [2.05, 4.69) is 23.3 Å². The molecule has 0 aliphatic heterocycles. The molecule has 0 saturated heterocycles. The Morgan fingerprint density at radius 2 is 2.44 bits per heavy atom. The van der Waals surface area contributed by atoms with Crippen LogP contribution in [0.2, 0.25) is 0 Å². The van der Waals surface area contributed by atoms with Crippen LogP contribution in [-0.4, -0.2) is 22.0 Å². The molecule has 4 nitrogen and oxygen atoms in total. The third-order valence-electron chi connectivity index (χ3n) is 3.16. The Bertz CT molecular complexity index is 455. The van der Waals surface area contributed by atoms with Gasteiger partial charge in [0.2, 0.25) is 0 Å². The molecule has 0 amide bonds. The van der Waals surface area contributed by atoms with Crippen LogP contribution >= 0.6 is 11.8 Å². The molecule has 2 atom stereocenters. The largest absolute Gasteiger partial charge is 0.397 e. The standard InChI is InChI=1S/C13H18N4S/c1-2-18-12-4-3-11(6-12)17-13-9(7-14)5-10(15)8-16-13/h5,8,11-12H,2-4,6,15H2,1H3,(H,16,17). The van der Waals surface area contributed by atoms with Crippen molar-refractivity contribution in [1.82, 2.24) is 4.98 Å². The van der Waals surface area contributed by atoms with Crippen LogP contribution < -0.4 is 11.1 Å². The van der Waals surface area contributed by atoms with Gasteiger partial charge in [-0.2, -0.15) is 17.0 Å². The highest BCUT2D eigenvalue weighted by molar-refractivity contribution is 7.99. The molecule has 0 spiro atoms. The molecule has 1 saturated carbocycles. The maximum absolute atomic E-state index is 9.06. The van der Waals surface area contributed by atoms with E-state index in [1.807, 2.05) is 11.8 Å². The number of nitriles is 1. The number of nitrogens with one attached hydrogen (secondary N) is 1. The molecular weight excluding hydrogens is 244 g/mol. The Hall–Kier alpha value is -1.41. The van der Waals surface area contributed by atoms with Gasteiger partial charge in [0.25, 0.3) is 0 Å². The lowest BCUT2D eigenvalue weighted by Gasteiger charge is -2.14. The zero-order valence-corrected chi connectivity index (χ0v) is 11.3. The Kier molecular flexibility index (Phi) is 4.32. The summed E-state index contributed by atoms with van der Waals surface area (Å²) in [6, 6.07) is 4.23. The van der Waals surface area contributed by atoms with Gasteiger partial charge in [0.1, 0.15) is 11.9 Å². The molecule has 18 heavy (non-hydrogen) atoms. The fraction of sp³-hybridized carbons (Fsp3) is 0.538. The molecule has 1 aromatic rings. The predicted octanol–water partition coefficient (Wildman–Crippen LogP) is 2.62. The molecule has 0 radical (unpaired) electrons. The molecule has 1 aliphatic carbocycles. The van der Waals surface area contributed by atoms with Crippen LogP contribution in [0, 0.1) is 11.3 Å². The summed E-state index contributed by atoms with van der Waals surface area (Å²) >= 11 is 2.02. The summed E-state index contributed by atoms with van der Waals surface area (Å²) in [6.45, 7) is 2.20. The van der Waals surface area contributed by atoms with E-state index in [1.54, 1.807) is 12.3 Å². The van der Waals surface area contributed by atoms with E-state index >= 15 is 0 Å². The minimum absolute atomic E-state index is 0.428. The van der Waals surface area contributed by atoms with Gasteiger partial charge in [-0.1, -0.05) is 6.92 Å². The van der Waals surface area contributed by atoms with Crippen molar-refractivity contribution in [1.29, 1.82) is 5.26 Å². The normalized spacial score (nSPS) is 22.7. The molecule has 5 heteroatoms. The summed E-state index contributed by atoms with van der Waals surface area (Å²) in [5.41, 5.74) is 6.69. The van der Waals surface area contributed by atoms with Crippen molar-refractivity contribution in [2.45, 2.75) is 37.5 Å². The smallest absolute Gasteiger partial charge is 0.144 e. The molecule has 2 unspecified atom stereocenters. The summed E-state index contributed by atoms with van der Waals surface area (Å²) in [5.74, 6) is 1.83. The lowest BCUT2D eigenvalue weighted by atomic mass is 10.2. The van der Waals surface area contributed by atoms with Gasteiger partial charge in [-0.3, -0.25) is 0 Å². The number of pyridine rings is 1. The van der Waals surface area contributed by atoms with Crippen molar-refractivity contribution in [2.24, 2.45) is 0 Å². The topological polar surface area (TPSA) is 74.7 Å². The molecule has 2 rings (SSSR count). The van der Waals surface area contributed by atoms with Crippen LogP contribution in [0.15, 0.2) is 12.3 Å². The first-order chi connectivity index (χ1) is 8.72. The van der Waals surface area contributed by atoms with Crippen molar-refractivity contribution >= 4 is 23.3 Å². The predicted molar refractivity (Wildman–Crippen MR) is 76.5 cm³/mol. The number of anilines is 2. The van der Waals surface area contributed by atoms with E-state index in [0.29, 0.717) is 23.1 Å². The summed E-state index contributed by atoms with van der Waals surface area (Å²) in [4.78, 5) is 4.22. The molecule has 1 aliphatic rings. The average Bonchev–Trinajstić information content (AvgIpc) is 2.79. The van der Waals surface area contributed by atoms with E-state index in [-0.39, 0.29) is 0 Å². The van der Waals surface area contributed by atoms with Gasteiger partial charge in [-0.15, -0.1) is 0 Å². The van der Waals surface area contributed by atoms with Crippen LogP contribution in [0.4, 0.5) is 11.5 Å². The maximum atomic E-state index is 9.06. The molecule has 1 fully saturated rings. The minimum atomic E-state index is 0.428. The summed E-state index contributed by atoms with van der Waals surface area (Å²) < 4.78 is 0. The lowest BCUT2D eigenvalue weighted by Crippen LogP contribution is -2.18. The molecule has 1 aromatic heterocycles. The average molecular weight is 262 g/mol. The van der Waals surface area contributed by atoms with Crippen molar-refractivity contribution in [3.05, 3.63) is 17.8 Å². The number of hydrogen-bond donors (Lipinski definition) is 2. The highest BCUT2D eigenvalue weighted by atomic mass is 32.2. The van der Waals surface area contributed by atoms with E-state index in [1.165, 1.54) is 12.2 Å². The van der Waals surface area contributed by atoms with Crippen molar-refractivity contribution in [3.63, 3.8) is 0 Å². The number of thioether (sulfide) groups is 1. The minimum Gasteiger partial charge on any atom is -0.397 e. The third-order valence-corrected chi connectivity index (χ3v) is 4.39. The SMILES string of the molecule is CCSC1CCC(Nc2ncc(N)cc2C#N)C1. The number of rotatable bonds is 4. The van der Waals surface area contributed by atoms with Gasteiger partial charge in [-0.05, 0) is 31.1 Å². The second-order valence-corrected chi connectivity index (χ2v) is 6.09. The second-order valence-electron chi connectivity index (χ2n) is 4.51. The first kappa shape index (κ1) is 13.0. The van der Waals surface area contributed by atoms with Crippen LogP contribution in [0.5, 0.6) is 0 Å². The van der Waals surface area contributed by atoms with Crippen LogP contribution in [-0.2, 0) is 0 Å². The van der Waals surface area contributed by atoms with Crippen molar-refractivity contribution in [2.75, 3.05) is 16.8 Å². The quantitative estimate of drug-likeness (QED) is 0.872. The van der Waals surface area contributed by atoms with Crippen LogP contribution in [0.25, 0.3) is 0 Å². The van der Waals surface area contributed by atoms with Crippen molar-refractivity contribution < 1.29 is 0 Å². The fourth-order valence-electron chi connectivity index (χ4n) is 2.33. The molecule has 96 valence electrons. The molecular formula is C13H18N4S. The maximum Gasteiger partial charge on any atom is 0.144 e. The Labute approximate surface area is 112 Å². The summed E-state index contributed by atoms with van der Waals surface area (Å²) in [5, 5.41) is 13.2. The molecule has 3 N–H and O–H groups in total. The van der Waals surface area contributed by atoms with Gasteiger partial charge in [0.05, 0.1) is 17.4 Å². The highest BCUT2D eigenvalue weighted by Crippen LogP contribution is 2.31. The van der Waals surface area contributed by atoms with E-state index < -0.39 is 0 Å². The third kappa shape index (κ3) is 3.08. The number of aromatic nitrogens is 1. The zero-order valence-electron chi connectivity index (χ0n) is 10.5. The number of nitrogens with two attached hydrogens (primary N) is 1. The van der Waals surface area contributed by atoms with E-state index in [9.17, 15) is 0 Å². The van der Waals surface area contributed by atoms with Crippen LogP contribution in [0.3, 0.4) is 0 Å². The van der Waals surface area contributed by atoms with Gasteiger partial charge < -0.3 is 11.1 Å². The second kappa shape index (κ2) is 5.96. The zero-order chi connectivity index (χ0) is 13.0. The van der Waals surface area contributed by atoms with Crippen molar-refractivity contribution in [3.8, 4) is 6.07 Å². The Morgan fingerprint density at radius 3 is 3.17 bits per heavy atom. The highest BCUT2D eigenvalue weighted by Gasteiger charge is 2.25. The molecule has 0 bridgehead atoms.